The van der Waals surface area contributed by atoms with Crippen LogP contribution in [0.3, 0.4) is 0 Å². The van der Waals surface area contributed by atoms with E-state index in [9.17, 15) is 9.90 Å². The fourth-order valence-corrected chi connectivity index (χ4v) is 2.36. The summed E-state index contributed by atoms with van der Waals surface area (Å²) in [7, 11) is 0. The maximum absolute atomic E-state index is 12.0. The van der Waals surface area contributed by atoms with E-state index in [1.54, 1.807) is 6.92 Å². The van der Waals surface area contributed by atoms with Gasteiger partial charge in [-0.05, 0) is 22.4 Å². The number of fused-ring (bicyclic) bond motifs is 1. The van der Waals surface area contributed by atoms with Crippen LogP contribution in [0.2, 0.25) is 0 Å². The third kappa shape index (κ3) is 2.85. The number of aliphatic hydroxyl groups is 1. The van der Waals surface area contributed by atoms with Crippen LogP contribution in [0, 0.1) is 11.8 Å². The molecule has 0 amide bonds. The summed E-state index contributed by atoms with van der Waals surface area (Å²) in [6.07, 6.45) is -0.737. The third-order valence-corrected chi connectivity index (χ3v) is 3.61. The number of hydrogen-bond acceptors (Lipinski definition) is 2. The lowest BCUT2D eigenvalue weighted by molar-refractivity contribution is -0.128. The molecule has 19 heavy (non-hydrogen) atoms. The van der Waals surface area contributed by atoms with Crippen molar-refractivity contribution < 1.29 is 9.90 Å². The summed E-state index contributed by atoms with van der Waals surface area (Å²) in [5.74, 6) is -0.327. The average Bonchev–Trinajstić information content (AvgIpc) is 2.44. The minimum absolute atomic E-state index is 0.0508. The molecule has 0 spiro atoms. The summed E-state index contributed by atoms with van der Waals surface area (Å²) < 4.78 is 0. The van der Waals surface area contributed by atoms with E-state index in [0.29, 0.717) is 0 Å². The molecule has 2 nitrogen and oxygen atoms in total. The van der Waals surface area contributed by atoms with Gasteiger partial charge in [0.15, 0.2) is 0 Å². The Hall–Kier alpha value is -1.67. The SMILES string of the molecule is CC(C)C(=O)[C@H](C)[C@H](O)c1ccc2ccccc2c1. The van der Waals surface area contributed by atoms with Crippen molar-refractivity contribution in [3.8, 4) is 0 Å². The first-order valence-corrected chi connectivity index (χ1v) is 6.71. The van der Waals surface area contributed by atoms with Gasteiger partial charge < -0.3 is 5.11 Å². The predicted molar refractivity (Wildman–Crippen MR) is 77.9 cm³/mol. The number of carbonyl (C=O) groups excluding carboxylic acids is 1. The van der Waals surface area contributed by atoms with Crippen LogP contribution in [0.1, 0.15) is 32.4 Å². The number of carbonyl (C=O) groups is 1. The molecule has 0 saturated carbocycles. The van der Waals surface area contributed by atoms with Crippen molar-refractivity contribution in [2.24, 2.45) is 11.8 Å². The summed E-state index contributed by atoms with van der Waals surface area (Å²) in [5.41, 5.74) is 0.806. The molecule has 2 heteroatoms. The van der Waals surface area contributed by atoms with Gasteiger partial charge in [-0.2, -0.15) is 0 Å². The Labute approximate surface area is 114 Å². The van der Waals surface area contributed by atoms with E-state index in [2.05, 4.69) is 0 Å². The number of Topliss-reactive ketones (excluding diaryl/α,β-unsaturated/α-hetero) is 1. The Morgan fingerprint density at radius 3 is 2.26 bits per heavy atom. The molecule has 0 aromatic heterocycles. The van der Waals surface area contributed by atoms with Crippen LogP contribution in [0.25, 0.3) is 10.8 Å². The topological polar surface area (TPSA) is 37.3 Å². The zero-order chi connectivity index (χ0) is 14.0. The number of ketones is 1. The van der Waals surface area contributed by atoms with Crippen LogP contribution in [-0.2, 0) is 4.79 Å². The van der Waals surface area contributed by atoms with Gasteiger partial charge in [-0.25, -0.2) is 0 Å². The van der Waals surface area contributed by atoms with Crippen molar-refractivity contribution in [2.45, 2.75) is 26.9 Å². The zero-order valence-corrected chi connectivity index (χ0v) is 11.6. The second-order valence-electron chi connectivity index (χ2n) is 5.40. The summed E-state index contributed by atoms with van der Waals surface area (Å²) in [6, 6.07) is 13.9. The van der Waals surface area contributed by atoms with Crippen molar-refractivity contribution >= 4 is 16.6 Å². The molecule has 0 aliphatic heterocycles. The molecule has 0 heterocycles. The molecule has 2 aromatic carbocycles. The maximum atomic E-state index is 12.0. The summed E-state index contributed by atoms with van der Waals surface area (Å²) in [6.45, 7) is 5.53. The van der Waals surface area contributed by atoms with Crippen molar-refractivity contribution in [1.29, 1.82) is 0 Å². The van der Waals surface area contributed by atoms with Crippen molar-refractivity contribution in [2.75, 3.05) is 0 Å². The van der Waals surface area contributed by atoms with Gasteiger partial charge in [-0.3, -0.25) is 4.79 Å². The zero-order valence-electron chi connectivity index (χ0n) is 11.6. The quantitative estimate of drug-likeness (QED) is 0.905. The van der Waals surface area contributed by atoms with Gasteiger partial charge in [0.25, 0.3) is 0 Å². The largest absolute Gasteiger partial charge is 0.388 e. The van der Waals surface area contributed by atoms with E-state index in [-0.39, 0.29) is 17.6 Å². The molecule has 0 aliphatic rings. The number of aliphatic hydroxyl groups excluding tert-OH is 1. The molecule has 2 aromatic rings. The summed E-state index contributed by atoms with van der Waals surface area (Å²) in [4.78, 5) is 12.0. The number of hydrogen-bond donors (Lipinski definition) is 1. The normalized spacial score (nSPS) is 14.6. The molecule has 0 aliphatic carbocycles. The minimum Gasteiger partial charge on any atom is -0.388 e. The first-order valence-electron chi connectivity index (χ1n) is 6.71. The van der Waals surface area contributed by atoms with Crippen LogP contribution in [-0.4, -0.2) is 10.9 Å². The molecule has 1 N–H and O–H groups in total. The highest BCUT2D eigenvalue weighted by atomic mass is 16.3. The van der Waals surface area contributed by atoms with E-state index in [1.165, 1.54) is 0 Å². The van der Waals surface area contributed by atoms with E-state index in [1.807, 2.05) is 56.3 Å². The Balaban J connectivity index is 2.31. The summed E-state index contributed by atoms with van der Waals surface area (Å²) >= 11 is 0. The highest BCUT2D eigenvalue weighted by Gasteiger charge is 2.25. The molecule has 0 unspecified atom stereocenters. The Morgan fingerprint density at radius 1 is 1.00 bits per heavy atom. The van der Waals surface area contributed by atoms with Crippen LogP contribution in [0.5, 0.6) is 0 Å². The maximum Gasteiger partial charge on any atom is 0.141 e. The Morgan fingerprint density at radius 2 is 1.63 bits per heavy atom. The lowest BCUT2D eigenvalue weighted by Gasteiger charge is -2.20. The lowest BCUT2D eigenvalue weighted by Crippen LogP contribution is -2.23. The molecule has 0 bridgehead atoms. The van der Waals surface area contributed by atoms with Gasteiger partial charge in [0.1, 0.15) is 5.78 Å². The lowest BCUT2D eigenvalue weighted by atomic mass is 9.88. The Kier molecular flexibility index (Phi) is 4.01. The number of rotatable bonds is 4. The molecule has 100 valence electrons. The van der Waals surface area contributed by atoms with E-state index < -0.39 is 6.10 Å². The first kappa shape index (κ1) is 13.8. The third-order valence-electron chi connectivity index (χ3n) is 3.61. The summed E-state index contributed by atoms with van der Waals surface area (Å²) in [5, 5.41) is 12.6. The van der Waals surface area contributed by atoms with E-state index in [4.69, 9.17) is 0 Å². The van der Waals surface area contributed by atoms with Crippen molar-refractivity contribution in [1.82, 2.24) is 0 Å². The van der Waals surface area contributed by atoms with Gasteiger partial charge in [-0.1, -0.05) is 57.2 Å². The molecular weight excluding hydrogens is 236 g/mol. The predicted octanol–water partition coefficient (Wildman–Crippen LogP) is 3.73. The van der Waals surface area contributed by atoms with Crippen LogP contribution in [0.15, 0.2) is 42.5 Å². The molecule has 0 saturated heterocycles. The van der Waals surface area contributed by atoms with Crippen LogP contribution in [0.4, 0.5) is 0 Å². The fraction of sp³-hybridized carbons (Fsp3) is 0.353. The van der Waals surface area contributed by atoms with Gasteiger partial charge in [0.05, 0.1) is 6.10 Å². The van der Waals surface area contributed by atoms with Gasteiger partial charge in [0, 0.05) is 11.8 Å². The highest BCUT2D eigenvalue weighted by Crippen LogP contribution is 2.27. The first-order chi connectivity index (χ1) is 9.00. The Bertz CT molecular complexity index is 587. The molecule has 0 radical (unpaired) electrons. The van der Waals surface area contributed by atoms with Crippen molar-refractivity contribution in [3.05, 3.63) is 48.0 Å². The molecule has 2 atom stereocenters. The van der Waals surface area contributed by atoms with Gasteiger partial charge in [-0.15, -0.1) is 0 Å². The standard InChI is InChI=1S/C17H20O2/c1-11(2)16(18)12(3)17(19)15-9-8-13-6-4-5-7-14(13)10-15/h4-12,17,19H,1-3H3/t12-,17-/m0/s1. The van der Waals surface area contributed by atoms with Gasteiger partial charge >= 0.3 is 0 Å². The minimum atomic E-state index is -0.737. The van der Waals surface area contributed by atoms with E-state index in [0.717, 1.165) is 16.3 Å². The average molecular weight is 256 g/mol. The molecule has 2 rings (SSSR count). The second-order valence-corrected chi connectivity index (χ2v) is 5.40. The second kappa shape index (κ2) is 5.54. The van der Waals surface area contributed by atoms with Gasteiger partial charge in [0.2, 0.25) is 0 Å². The monoisotopic (exact) mass is 256 g/mol. The molecular formula is C17H20O2. The fourth-order valence-electron chi connectivity index (χ4n) is 2.36. The smallest absolute Gasteiger partial charge is 0.141 e. The highest BCUT2D eigenvalue weighted by molar-refractivity contribution is 5.85. The van der Waals surface area contributed by atoms with Crippen LogP contribution >= 0.6 is 0 Å². The number of benzene rings is 2. The van der Waals surface area contributed by atoms with E-state index >= 15 is 0 Å². The van der Waals surface area contributed by atoms with Crippen molar-refractivity contribution in [3.63, 3.8) is 0 Å². The molecule has 0 fully saturated rings. The van der Waals surface area contributed by atoms with Crippen LogP contribution < -0.4 is 0 Å².